The highest BCUT2D eigenvalue weighted by atomic mass is 35.5. The first-order valence-electron chi connectivity index (χ1n) is 9.41. The van der Waals surface area contributed by atoms with Gasteiger partial charge in [0, 0.05) is 29.7 Å². The van der Waals surface area contributed by atoms with Gasteiger partial charge < -0.3 is 14.6 Å². The summed E-state index contributed by atoms with van der Waals surface area (Å²) < 4.78 is 5.64. The van der Waals surface area contributed by atoms with Crippen LogP contribution in [0.3, 0.4) is 0 Å². The Bertz CT molecular complexity index is 1020. The first-order chi connectivity index (χ1) is 14.1. The summed E-state index contributed by atoms with van der Waals surface area (Å²) in [5.41, 5.74) is 2.12. The van der Waals surface area contributed by atoms with Gasteiger partial charge in [0.2, 0.25) is 11.8 Å². The summed E-state index contributed by atoms with van der Waals surface area (Å²) >= 11 is 7.23. The molecule has 4 rings (SSSR count). The highest BCUT2D eigenvalue weighted by Gasteiger charge is 2.27. The maximum absolute atomic E-state index is 12.5. The Hall–Kier alpha value is -2.51. The lowest BCUT2D eigenvalue weighted by Gasteiger charge is -2.31. The molecule has 0 aliphatic carbocycles. The molecule has 150 valence electrons. The monoisotopic (exact) mass is 429 g/mol. The first kappa shape index (κ1) is 19.8. The summed E-state index contributed by atoms with van der Waals surface area (Å²) in [5, 5.41) is 3.99. The predicted octanol–water partition coefficient (Wildman–Crippen LogP) is 4.45. The summed E-state index contributed by atoms with van der Waals surface area (Å²) in [6.45, 7) is 1.16. The fourth-order valence-electron chi connectivity index (χ4n) is 3.31. The number of carbonyl (C=O) groups excluding carboxylic acids is 2. The van der Waals surface area contributed by atoms with Crippen LogP contribution in [0.1, 0.15) is 12.8 Å². The van der Waals surface area contributed by atoms with Crippen LogP contribution in [0.5, 0.6) is 0 Å². The summed E-state index contributed by atoms with van der Waals surface area (Å²) in [6.07, 6.45) is 1.33. The van der Waals surface area contributed by atoms with Gasteiger partial charge >= 0.3 is 0 Å². The lowest BCUT2D eigenvalue weighted by molar-refractivity contribution is -0.132. The second-order valence-corrected chi connectivity index (χ2v) is 8.25. The van der Waals surface area contributed by atoms with Gasteiger partial charge in [0.15, 0.2) is 5.58 Å². The normalized spacial score (nSPS) is 14.9. The Morgan fingerprint density at radius 3 is 2.69 bits per heavy atom. The van der Waals surface area contributed by atoms with Gasteiger partial charge in [-0.1, -0.05) is 41.6 Å². The summed E-state index contributed by atoms with van der Waals surface area (Å²) in [5.74, 6) is 0.218. The highest BCUT2D eigenvalue weighted by Crippen LogP contribution is 2.26. The highest BCUT2D eigenvalue weighted by molar-refractivity contribution is 7.99. The van der Waals surface area contributed by atoms with E-state index in [1.165, 1.54) is 11.8 Å². The van der Waals surface area contributed by atoms with Gasteiger partial charge in [-0.15, -0.1) is 0 Å². The molecule has 0 saturated carbocycles. The van der Waals surface area contributed by atoms with Crippen molar-refractivity contribution < 1.29 is 14.0 Å². The third kappa shape index (κ3) is 4.92. The van der Waals surface area contributed by atoms with Crippen molar-refractivity contribution in [2.45, 2.75) is 18.1 Å². The quantitative estimate of drug-likeness (QED) is 0.606. The second kappa shape index (κ2) is 8.88. The largest absolute Gasteiger partial charge is 0.431 e. The summed E-state index contributed by atoms with van der Waals surface area (Å²) in [7, 11) is 0. The number of rotatable bonds is 5. The molecule has 29 heavy (non-hydrogen) atoms. The molecule has 1 aliphatic heterocycles. The van der Waals surface area contributed by atoms with E-state index in [1.807, 2.05) is 30.3 Å². The molecule has 0 atom stereocenters. The van der Waals surface area contributed by atoms with Crippen molar-refractivity contribution in [1.82, 2.24) is 9.88 Å². The molecule has 8 heteroatoms. The molecule has 1 aliphatic rings. The molecular formula is C21H20ClN3O3S. The van der Waals surface area contributed by atoms with E-state index in [0.29, 0.717) is 47.3 Å². The van der Waals surface area contributed by atoms with Crippen molar-refractivity contribution >= 4 is 52.0 Å². The van der Waals surface area contributed by atoms with Crippen molar-refractivity contribution in [3.05, 3.63) is 53.6 Å². The molecule has 1 saturated heterocycles. The molecule has 0 radical (unpaired) electrons. The summed E-state index contributed by atoms with van der Waals surface area (Å²) in [4.78, 5) is 31.1. The Morgan fingerprint density at radius 1 is 1.17 bits per heavy atom. The van der Waals surface area contributed by atoms with E-state index < -0.39 is 0 Å². The number of oxazole rings is 1. The maximum atomic E-state index is 12.5. The van der Waals surface area contributed by atoms with Crippen molar-refractivity contribution in [1.29, 1.82) is 0 Å². The van der Waals surface area contributed by atoms with Gasteiger partial charge in [0.25, 0.3) is 5.22 Å². The maximum Gasteiger partial charge on any atom is 0.257 e. The number of halogens is 1. The predicted molar refractivity (Wildman–Crippen MR) is 114 cm³/mol. The third-order valence-electron chi connectivity index (χ3n) is 4.91. The van der Waals surface area contributed by atoms with Crippen LogP contribution in [-0.2, 0) is 9.59 Å². The Balaban J connectivity index is 1.25. The van der Waals surface area contributed by atoms with E-state index >= 15 is 0 Å². The lowest BCUT2D eigenvalue weighted by Crippen LogP contribution is -2.42. The zero-order chi connectivity index (χ0) is 20.2. The van der Waals surface area contributed by atoms with Crippen LogP contribution in [0.2, 0.25) is 5.02 Å². The second-order valence-electron chi connectivity index (χ2n) is 6.89. The molecular weight excluding hydrogens is 410 g/mol. The number of fused-ring (bicyclic) bond motifs is 1. The number of anilines is 1. The van der Waals surface area contributed by atoms with Crippen molar-refractivity contribution in [3.63, 3.8) is 0 Å². The zero-order valence-corrected chi connectivity index (χ0v) is 17.2. The van der Waals surface area contributed by atoms with Crippen LogP contribution in [0.4, 0.5) is 5.69 Å². The van der Waals surface area contributed by atoms with E-state index in [0.717, 1.165) is 5.69 Å². The number of nitrogens with one attached hydrogen (secondary N) is 1. The van der Waals surface area contributed by atoms with E-state index in [2.05, 4.69) is 10.3 Å². The number of benzene rings is 2. The molecule has 2 amide bonds. The fraction of sp³-hybridized carbons (Fsp3) is 0.286. The van der Waals surface area contributed by atoms with E-state index in [4.69, 9.17) is 16.0 Å². The minimum Gasteiger partial charge on any atom is -0.431 e. The molecule has 6 nitrogen and oxygen atoms in total. The number of para-hydroxylation sites is 1. The minimum atomic E-state index is -0.0753. The SMILES string of the molecule is O=C(Nc1ccccc1)C1CCN(C(=O)CSc2nc3cc(Cl)ccc3o2)CC1. The Kier molecular flexibility index (Phi) is 6.06. The first-order valence-corrected chi connectivity index (χ1v) is 10.8. The fourth-order valence-corrected chi connectivity index (χ4v) is 4.22. The molecule has 1 N–H and O–H groups in total. The van der Waals surface area contributed by atoms with E-state index in [9.17, 15) is 9.59 Å². The minimum absolute atomic E-state index is 0.0165. The lowest BCUT2D eigenvalue weighted by atomic mass is 9.96. The smallest absolute Gasteiger partial charge is 0.257 e. The molecule has 2 heterocycles. The molecule has 1 fully saturated rings. The van der Waals surface area contributed by atoms with Gasteiger partial charge in [-0.05, 0) is 43.2 Å². The average molecular weight is 430 g/mol. The number of carbonyl (C=O) groups is 2. The van der Waals surface area contributed by atoms with Gasteiger partial charge in [-0.3, -0.25) is 9.59 Å². The zero-order valence-electron chi connectivity index (χ0n) is 15.6. The summed E-state index contributed by atoms with van der Waals surface area (Å²) in [6, 6.07) is 14.7. The number of likely N-dealkylation sites (tertiary alicyclic amines) is 1. The topological polar surface area (TPSA) is 75.4 Å². The van der Waals surface area contributed by atoms with Crippen LogP contribution in [0, 0.1) is 5.92 Å². The average Bonchev–Trinajstić information content (AvgIpc) is 3.15. The van der Waals surface area contributed by atoms with Gasteiger partial charge in [0.1, 0.15) is 5.52 Å². The van der Waals surface area contributed by atoms with Crippen LogP contribution >= 0.6 is 23.4 Å². The van der Waals surface area contributed by atoms with Crippen LogP contribution < -0.4 is 5.32 Å². The van der Waals surface area contributed by atoms with Gasteiger partial charge in [-0.25, -0.2) is 4.98 Å². The van der Waals surface area contributed by atoms with E-state index in [1.54, 1.807) is 23.1 Å². The molecule has 2 aromatic carbocycles. The van der Waals surface area contributed by atoms with Crippen molar-refractivity contribution in [3.8, 4) is 0 Å². The van der Waals surface area contributed by atoms with Crippen LogP contribution in [0.15, 0.2) is 58.2 Å². The number of piperidine rings is 1. The standard InChI is InChI=1S/C21H20ClN3O3S/c22-15-6-7-18-17(12-15)24-21(28-18)29-13-19(26)25-10-8-14(9-11-25)20(27)23-16-4-2-1-3-5-16/h1-7,12,14H,8-11,13H2,(H,23,27). The van der Waals surface area contributed by atoms with E-state index in [-0.39, 0.29) is 23.5 Å². The van der Waals surface area contributed by atoms with Crippen LogP contribution in [0.25, 0.3) is 11.1 Å². The van der Waals surface area contributed by atoms with Gasteiger partial charge in [0.05, 0.1) is 5.75 Å². The number of thioether (sulfide) groups is 1. The molecule has 0 bridgehead atoms. The molecule has 3 aromatic rings. The number of amides is 2. The number of hydrogen-bond donors (Lipinski definition) is 1. The Labute approximate surface area is 177 Å². The molecule has 1 aromatic heterocycles. The third-order valence-corrected chi connectivity index (χ3v) is 5.96. The van der Waals surface area contributed by atoms with Crippen molar-refractivity contribution in [2.24, 2.45) is 5.92 Å². The number of nitrogens with zero attached hydrogens (tertiary/aromatic N) is 2. The number of aromatic nitrogens is 1. The molecule has 0 spiro atoms. The van der Waals surface area contributed by atoms with Gasteiger partial charge in [-0.2, -0.15) is 0 Å². The van der Waals surface area contributed by atoms with Crippen LogP contribution in [-0.4, -0.2) is 40.5 Å². The Morgan fingerprint density at radius 2 is 1.93 bits per heavy atom. The van der Waals surface area contributed by atoms with Crippen molar-refractivity contribution in [2.75, 3.05) is 24.2 Å². The molecule has 0 unspecified atom stereocenters. The number of hydrogen-bond acceptors (Lipinski definition) is 5.